The van der Waals surface area contributed by atoms with E-state index in [1.165, 1.54) is 5.56 Å². The van der Waals surface area contributed by atoms with Gasteiger partial charge in [0.05, 0.1) is 12.8 Å². The van der Waals surface area contributed by atoms with E-state index < -0.39 is 0 Å². The van der Waals surface area contributed by atoms with Gasteiger partial charge in [-0.15, -0.1) is 0 Å². The molecule has 0 bridgehead atoms. The van der Waals surface area contributed by atoms with Crippen molar-refractivity contribution < 1.29 is 4.74 Å². The first kappa shape index (κ1) is 17.6. The molecule has 124 valence electrons. The number of ether oxygens (including phenoxy) is 1. The van der Waals surface area contributed by atoms with Crippen molar-refractivity contribution in [2.24, 2.45) is 5.10 Å². The number of pyridine rings is 1. The van der Waals surface area contributed by atoms with E-state index in [0.29, 0.717) is 23.9 Å². The summed E-state index contributed by atoms with van der Waals surface area (Å²) in [6.45, 7) is 6.56. The molecule has 0 fully saturated rings. The molecule has 0 spiro atoms. The second kappa shape index (κ2) is 8.23. The van der Waals surface area contributed by atoms with Crippen LogP contribution in [0.25, 0.3) is 0 Å². The Morgan fingerprint density at radius 1 is 1.33 bits per heavy atom. The lowest BCUT2D eigenvalue weighted by Gasteiger charge is -2.09. The number of benzene rings is 1. The van der Waals surface area contributed by atoms with Gasteiger partial charge in [0, 0.05) is 18.4 Å². The van der Waals surface area contributed by atoms with Crippen molar-refractivity contribution in [3.63, 3.8) is 0 Å². The Kier molecular flexibility index (Phi) is 6.05. The van der Waals surface area contributed by atoms with E-state index >= 15 is 0 Å². The molecule has 0 aliphatic carbocycles. The zero-order valence-corrected chi connectivity index (χ0v) is 14.5. The Balaban J connectivity index is 2.17. The van der Waals surface area contributed by atoms with Crippen LogP contribution in [0.4, 0.5) is 5.82 Å². The van der Waals surface area contributed by atoms with Crippen LogP contribution in [-0.4, -0.2) is 18.3 Å². The first-order chi connectivity index (χ1) is 11.5. The number of hydrogen-bond donors (Lipinski definition) is 1. The van der Waals surface area contributed by atoms with Crippen LogP contribution in [0.5, 0.6) is 0 Å². The van der Waals surface area contributed by atoms with Crippen molar-refractivity contribution in [1.82, 2.24) is 4.98 Å². The molecular formula is C19H22N4O. The van der Waals surface area contributed by atoms with Crippen molar-refractivity contribution >= 4 is 12.0 Å². The molecule has 5 nitrogen and oxygen atoms in total. The number of nitrogens with zero attached hydrogens (tertiary/aromatic N) is 3. The Labute approximate surface area is 143 Å². The van der Waals surface area contributed by atoms with Crippen LogP contribution >= 0.6 is 0 Å². The summed E-state index contributed by atoms with van der Waals surface area (Å²) in [6.07, 6.45) is 1.71. The van der Waals surface area contributed by atoms with Gasteiger partial charge in [-0.25, -0.2) is 4.98 Å². The van der Waals surface area contributed by atoms with Gasteiger partial charge in [0.2, 0.25) is 0 Å². The molecule has 0 radical (unpaired) electrons. The van der Waals surface area contributed by atoms with Crippen LogP contribution in [0, 0.1) is 18.3 Å². The van der Waals surface area contributed by atoms with Crippen LogP contribution in [0.3, 0.4) is 0 Å². The fraction of sp³-hybridized carbons (Fsp3) is 0.316. The number of hydrazone groups is 1. The van der Waals surface area contributed by atoms with Crippen LogP contribution < -0.4 is 5.43 Å². The Bertz CT molecular complexity index is 758. The summed E-state index contributed by atoms with van der Waals surface area (Å²) < 4.78 is 5.14. The summed E-state index contributed by atoms with van der Waals surface area (Å²) >= 11 is 0. The zero-order valence-electron chi connectivity index (χ0n) is 14.5. The molecule has 0 saturated heterocycles. The summed E-state index contributed by atoms with van der Waals surface area (Å²) in [5.74, 6) is 0.947. The minimum atomic E-state index is 0.362. The summed E-state index contributed by atoms with van der Waals surface area (Å²) in [6, 6.07) is 12.2. The number of anilines is 1. The molecule has 1 aromatic heterocycles. The zero-order chi connectivity index (χ0) is 17.5. The number of nitriles is 1. The lowest BCUT2D eigenvalue weighted by Crippen LogP contribution is -2.03. The molecule has 0 saturated carbocycles. The van der Waals surface area contributed by atoms with E-state index in [1.54, 1.807) is 13.3 Å². The lowest BCUT2D eigenvalue weighted by molar-refractivity contribution is 0.184. The molecule has 0 unspecified atom stereocenters. The van der Waals surface area contributed by atoms with Crippen molar-refractivity contribution in [2.45, 2.75) is 33.3 Å². The minimum Gasteiger partial charge on any atom is -0.380 e. The maximum atomic E-state index is 9.38. The highest BCUT2D eigenvalue weighted by Crippen LogP contribution is 2.19. The molecule has 0 amide bonds. The van der Waals surface area contributed by atoms with Gasteiger partial charge in [-0.1, -0.05) is 38.1 Å². The van der Waals surface area contributed by atoms with Gasteiger partial charge < -0.3 is 4.74 Å². The molecule has 5 heteroatoms. The molecule has 2 rings (SSSR count). The molecular weight excluding hydrogens is 300 g/mol. The highest BCUT2D eigenvalue weighted by molar-refractivity contribution is 5.80. The summed E-state index contributed by atoms with van der Waals surface area (Å²) in [7, 11) is 1.60. The van der Waals surface area contributed by atoms with E-state index in [0.717, 1.165) is 16.8 Å². The van der Waals surface area contributed by atoms with Gasteiger partial charge in [-0.05, 0) is 30.0 Å². The average molecular weight is 322 g/mol. The van der Waals surface area contributed by atoms with Crippen molar-refractivity contribution in [1.29, 1.82) is 5.26 Å². The predicted octanol–water partition coefficient (Wildman–Crippen LogP) is 3.98. The number of hydrogen-bond acceptors (Lipinski definition) is 5. The van der Waals surface area contributed by atoms with Crippen molar-refractivity contribution in [3.05, 3.63) is 58.3 Å². The van der Waals surface area contributed by atoms with Crippen molar-refractivity contribution in [3.8, 4) is 6.07 Å². The molecule has 24 heavy (non-hydrogen) atoms. The largest absolute Gasteiger partial charge is 0.380 e. The van der Waals surface area contributed by atoms with Crippen LogP contribution in [0.2, 0.25) is 0 Å². The van der Waals surface area contributed by atoms with Gasteiger partial charge in [-0.3, -0.25) is 5.43 Å². The number of nitrogens with one attached hydrogen (secondary N) is 1. The first-order valence-electron chi connectivity index (χ1n) is 7.83. The topological polar surface area (TPSA) is 70.3 Å². The quantitative estimate of drug-likeness (QED) is 0.645. The monoisotopic (exact) mass is 322 g/mol. The third kappa shape index (κ3) is 4.40. The Morgan fingerprint density at radius 2 is 2.04 bits per heavy atom. The fourth-order valence-corrected chi connectivity index (χ4v) is 2.35. The number of aromatic nitrogens is 1. The Morgan fingerprint density at radius 3 is 2.62 bits per heavy atom. The van der Waals surface area contributed by atoms with E-state index in [9.17, 15) is 5.26 Å². The molecule has 1 heterocycles. The fourth-order valence-electron chi connectivity index (χ4n) is 2.35. The molecule has 0 atom stereocenters. The van der Waals surface area contributed by atoms with Gasteiger partial charge in [-0.2, -0.15) is 10.4 Å². The van der Waals surface area contributed by atoms with Gasteiger partial charge in [0.25, 0.3) is 0 Å². The first-order valence-corrected chi connectivity index (χ1v) is 7.83. The maximum absolute atomic E-state index is 9.38. The van der Waals surface area contributed by atoms with Crippen LogP contribution in [0.15, 0.2) is 35.4 Å². The summed E-state index contributed by atoms with van der Waals surface area (Å²) in [4.78, 5) is 4.35. The number of methoxy groups -OCH3 is 1. The SMILES string of the molecule is COCc1cc(C)nc(N/N=C/c2ccc(C(C)C)cc2)c1C#N. The number of aryl methyl sites for hydroxylation is 1. The highest BCUT2D eigenvalue weighted by atomic mass is 16.5. The van der Waals surface area contributed by atoms with E-state index in [1.807, 2.05) is 25.1 Å². The van der Waals surface area contributed by atoms with Crippen LogP contribution in [0.1, 0.15) is 47.7 Å². The summed E-state index contributed by atoms with van der Waals surface area (Å²) in [5, 5.41) is 13.6. The second-order valence-corrected chi connectivity index (χ2v) is 5.88. The third-order valence-corrected chi connectivity index (χ3v) is 3.63. The normalized spacial score (nSPS) is 11.0. The predicted molar refractivity (Wildman–Crippen MR) is 96.1 cm³/mol. The Hall–Kier alpha value is -2.71. The highest BCUT2D eigenvalue weighted by Gasteiger charge is 2.10. The lowest BCUT2D eigenvalue weighted by atomic mass is 10.0. The minimum absolute atomic E-state index is 0.362. The molecule has 0 aliphatic rings. The van der Waals surface area contributed by atoms with Crippen LogP contribution in [-0.2, 0) is 11.3 Å². The summed E-state index contributed by atoms with van der Waals surface area (Å²) in [5.41, 5.74) is 7.20. The average Bonchev–Trinajstić information content (AvgIpc) is 2.55. The molecule has 1 aromatic carbocycles. The van der Waals surface area contributed by atoms with E-state index in [-0.39, 0.29) is 0 Å². The van der Waals surface area contributed by atoms with E-state index in [4.69, 9.17) is 4.74 Å². The molecule has 2 aromatic rings. The standard InChI is InChI=1S/C19H22N4O/c1-13(2)16-7-5-15(6-8-16)11-21-23-19-18(10-20)17(12-24-4)9-14(3)22-19/h5-9,11,13H,12H2,1-4H3,(H,22,23)/b21-11+. The maximum Gasteiger partial charge on any atom is 0.164 e. The molecule has 0 aliphatic heterocycles. The smallest absolute Gasteiger partial charge is 0.164 e. The van der Waals surface area contributed by atoms with Gasteiger partial charge in [0.1, 0.15) is 11.6 Å². The number of rotatable bonds is 6. The molecule has 1 N–H and O–H groups in total. The van der Waals surface area contributed by atoms with Crippen molar-refractivity contribution in [2.75, 3.05) is 12.5 Å². The van der Waals surface area contributed by atoms with Gasteiger partial charge in [0.15, 0.2) is 5.82 Å². The van der Waals surface area contributed by atoms with E-state index in [2.05, 4.69) is 47.6 Å². The third-order valence-electron chi connectivity index (χ3n) is 3.63. The second-order valence-electron chi connectivity index (χ2n) is 5.88. The van der Waals surface area contributed by atoms with Gasteiger partial charge >= 0.3 is 0 Å².